The third-order valence-electron chi connectivity index (χ3n) is 4.22. The molecule has 0 aliphatic heterocycles. The van der Waals surface area contributed by atoms with Crippen LogP contribution in [0.3, 0.4) is 0 Å². The molecule has 1 unspecified atom stereocenters. The van der Waals surface area contributed by atoms with E-state index in [1.165, 1.54) is 5.56 Å². The van der Waals surface area contributed by atoms with Crippen LogP contribution >= 0.6 is 0 Å². The van der Waals surface area contributed by atoms with Gasteiger partial charge < -0.3 is 9.63 Å². The van der Waals surface area contributed by atoms with Crippen molar-refractivity contribution < 1.29 is 9.63 Å². The second-order valence-electron chi connectivity index (χ2n) is 7.66. The van der Waals surface area contributed by atoms with E-state index in [1.807, 2.05) is 36.4 Å². The van der Waals surface area contributed by atoms with E-state index in [-0.39, 0.29) is 11.8 Å². The summed E-state index contributed by atoms with van der Waals surface area (Å²) in [6.45, 7) is 6.58. The van der Waals surface area contributed by atoms with Gasteiger partial charge in [-0.3, -0.25) is 5.06 Å². The van der Waals surface area contributed by atoms with Crippen LogP contribution in [-0.2, 0) is 10.9 Å². The second kappa shape index (κ2) is 8.42. The number of hydrogen-bond acceptors (Lipinski definition) is 3. The van der Waals surface area contributed by atoms with Crippen molar-refractivity contribution in [1.29, 1.82) is 0 Å². The number of aromatic hydroxyl groups is 1. The molecular weight excluding hydrogens is 350 g/mol. The lowest BCUT2D eigenvalue weighted by Crippen LogP contribution is -2.40. The zero-order chi connectivity index (χ0) is 19.3. The van der Waals surface area contributed by atoms with Gasteiger partial charge in [-0.1, -0.05) is 60.7 Å². The van der Waals surface area contributed by atoms with Crippen molar-refractivity contribution in [2.24, 2.45) is 0 Å². The van der Waals surface area contributed by atoms with Gasteiger partial charge in [0.2, 0.25) is 8.32 Å². The van der Waals surface area contributed by atoms with E-state index in [1.54, 1.807) is 12.1 Å². The van der Waals surface area contributed by atoms with Gasteiger partial charge in [0.25, 0.3) is 0 Å². The molecule has 0 aliphatic rings. The van der Waals surface area contributed by atoms with E-state index in [0.717, 1.165) is 17.7 Å². The SMILES string of the molecule is C[Si](C)(C)ON(c1ccccc1)C(Cc1ccccc1)c1ccc(O)cc1. The van der Waals surface area contributed by atoms with E-state index < -0.39 is 8.32 Å². The number of nitrogens with zero attached hydrogens (tertiary/aromatic N) is 1. The first-order valence-corrected chi connectivity index (χ1v) is 12.7. The number of hydroxylamine groups is 1. The molecule has 0 heterocycles. The molecule has 4 heteroatoms. The summed E-state index contributed by atoms with van der Waals surface area (Å²) in [5.74, 6) is 0.273. The topological polar surface area (TPSA) is 32.7 Å². The maximum Gasteiger partial charge on any atom is 0.220 e. The minimum atomic E-state index is -1.85. The Hall–Kier alpha value is -2.56. The van der Waals surface area contributed by atoms with Crippen LogP contribution in [-0.4, -0.2) is 13.4 Å². The van der Waals surface area contributed by atoms with Gasteiger partial charge >= 0.3 is 0 Å². The number of hydrogen-bond donors (Lipinski definition) is 1. The van der Waals surface area contributed by atoms with E-state index in [0.29, 0.717) is 0 Å². The molecule has 0 bridgehead atoms. The number of rotatable bonds is 7. The molecule has 0 aromatic heterocycles. The van der Waals surface area contributed by atoms with Gasteiger partial charge in [-0.2, -0.15) is 0 Å². The molecular formula is C23H27NO2Si. The van der Waals surface area contributed by atoms with E-state index in [2.05, 4.69) is 61.1 Å². The number of phenolic OH excluding ortho intramolecular Hbond substituents is 1. The lowest BCUT2D eigenvalue weighted by Gasteiger charge is -2.37. The van der Waals surface area contributed by atoms with Crippen molar-refractivity contribution in [3.8, 4) is 5.75 Å². The summed E-state index contributed by atoms with van der Waals surface area (Å²) in [7, 11) is -1.85. The maximum atomic E-state index is 9.73. The van der Waals surface area contributed by atoms with Crippen LogP contribution in [0.25, 0.3) is 0 Å². The zero-order valence-electron chi connectivity index (χ0n) is 16.2. The highest BCUT2D eigenvalue weighted by molar-refractivity contribution is 6.69. The minimum Gasteiger partial charge on any atom is -0.508 e. The average Bonchev–Trinajstić information content (AvgIpc) is 2.66. The summed E-state index contributed by atoms with van der Waals surface area (Å²) >= 11 is 0. The molecule has 140 valence electrons. The Bertz CT molecular complexity index is 830. The number of para-hydroxylation sites is 1. The van der Waals surface area contributed by atoms with Crippen molar-refractivity contribution in [3.63, 3.8) is 0 Å². The highest BCUT2D eigenvalue weighted by Gasteiger charge is 2.28. The minimum absolute atomic E-state index is 0.00197. The van der Waals surface area contributed by atoms with Crippen LogP contribution in [0.2, 0.25) is 19.6 Å². The first-order valence-electron chi connectivity index (χ1n) is 9.29. The molecule has 1 N–H and O–H groups in total. The fourth-order valence-electron chi connectivity index (χ4n) is 3.04. The fourth-order valence-corrected chi connectivity index (χ4v) is 3.86. The molecule has 0 saturated heterocycles. The largest absolute Gasteiger partial charge is 0.508 e. The molecule has 0 spiro atoms. The Morgan fingerprint density at radius 2 is 1.37 bits per heavy atom. The first kappa shape index (κ1) is 19.2. The molecule has 0 saturated carbocycles. The third kappa shape index (κ3) is 5.45. The summed E-state index contributed by atoms with van der Waals surface area (Å²) in [6.07, 6.45) is 0.811. The van der Waals surface area contributed by atoms with Gasteiger partial charge in [0.05, 0.1) is 11.7 Å². The van der Waals surface area contributed by atoms with E-state index >= 15 is 0 Å². The van der Waals surface area contributed by atoms with Gasteiger partial charge in [-0.25, -0.2) is 0 Å². The summed E-state index contributed by atoms with van der Waals surface area (Å²) in [5, 5.41) is 11.8. The summed E-state index contributed by atoms with van der Waals surface area (Å²) < 4.78 is 6.55. The van der Waals surface area contributed by atoms with Gasteiger partial charge in [-0.15, -0.1) is 0 Å². The molecule has 3 aromatic rings. The number of anilines is 1. The Labute approximate surface area is 162 Å². The van der Waals surface area contributed by atoms with Crippen molar-refractivity contribution in [2.45, 2.75) is 32.1 Å². The lowest BCUT2D eigenvalue weighted by atomic mass is 9.98. The van der Waals surface area contributed by atoms with Crippen molar-refractivity contribution in [3.05, 3.63) is 96.1 Å². The molecule has 0 aliphatic carbocycles. The van der Waals surface area contributed by atoms with Crippen LogP contribution in [0.5, 0.6) is 5.75 Å². The Morgan fingerprint density at radius 3 is 1.93 bits per heavy atom. The van der Waals surface area contributed by atoms with Crippen LogP contribution in [0.4, 0.5) is 5.69 Å². The highest BCUT2D eigenvalue weighted by atomic mass is 28.4. The fraction of sp³-hybridized carbons (Fsp3) is 0.217. The van der Waals surface area contributed by atoms with Crippen LogP contribution in [0, 0.1) is 0 Å². The smallest absolute Gasteiger partial charge is 0.220 e. The predicted molar refractivity (Wildman–Crippen MR) is 114 cm³/mol. The molecule has 3 nitrogen and oxygen atoms in total. The van der Waals surface area contributed by atoms with Crippen LogP contribution < -0.4 is 5.06 Å². The number of benzene rings is 3. The summed E-state index contributed by atoms with van der Waals surface area (Å²) in [6, 6.07) is 28.1. The van der Waals surface area contributed by atoms with Gasteiger partial charge in [-0.05, 0) is 61.5 Å². The quantitative estimate of drug-likeness (QED) is 0.408. The molecule has 1 atom stereocenters. The third-order valence-corrected chi connectivity index (χ3v) is 4.96. The first-order chi connectivity index (χ1) is 12.9. The van der Waals surface area contributed by atoms with Crippen LogP contribution in [0.1, 0.15) is 17.2 Å². The second-order valence-corrected chi connectivity index (χ2v) is 12.1. The summed E-state index contributed by atoms with van der Waals surface area (Å²) in [4.78, 5) is 0. The molecule has 0 amide bonds. The Kier molecular flexibility index (Phi) is 5.99. The predicted octanol–water partition coefficient (Wildman–Crippen LogP) is 5.95. The Morgan fingerprint density at radius 1 is 0.815 bits per heavy atom. The van der Waals surface area contributed by atoms with E-state index in [9.17, 15) is 5.11 Å². The summed E-state index contributed by atoms with van der Waals surface area (Å²) in [5.41, 5.74) is 3.39. The lowest BCUT2D eigenvalue weighted by molar-refractivity contribution is 0.232. The Balaban J connectivity index is 2.04. The molecule has 0 radical (unpaired) electrons. The molecule has 3 rings (SSSR count). The number of phenols is 1. The van der Waals surface area contributed by atoms with Gasteiger partial charge in [0.15, 0.2) is 0 Å². The normalized spacial score (nSPS) is 12.6. The highest BCUT2D eigenvalue weighted by Crippen LogP contribution is 2.33. The van der Waals surface area contributed by atoms with Gasteiger partial charge in [0, 0.05) is 0 Å². The molecule has 27 heavy (non-hydrogen) atoms. The maximum absolute atomic E-state index is 9.73. The van der Waals surface area contributed by atoms with Crippen molar-refractivity contribution >= 4 is 14.0 Å². The average molecular weight is 378 g/mol. The van der Waals surface area contributed by atoms with Crippen LogP contribution in [0.15, 0.2) is 84.9 Å². The van der Waals surface area contributed by atoms with Crippen molar-refractivity contribution in [2.75, 3.05) is 5.06 Å². The molecule has 0 fully saturated rings. The van der Waals surface area contributed by atoms with Crippen molar-refractivity contribution in [1.82, 2.24) is 0 Å². The van der Waals surface area contributed by atoms with Gasteiger partial charge in [0.1, 0.15) is 5.75 Å². The monoisotopic (exact) mass is 377 g/mol. The zero-order valence-corrected chi connectivity index (χ0v) is 17.2. The molecule has 3 aromatic carbocycles. The van der Waals surface area contributed by atoms with E-state index in [4.69, 9.17) is 4.53 Å². The standard InChI is InChI=1S/C23H27NO2Si/c1-27(2,3)26-24(21-12-8-5-9-13-21)23(18-19-10-6-4-7-11-19)20-14-16-22(25)17-15-20/h4-17,23,25H,18H2,1-3H3.